The smallest absolute Gasteiger partial charge is 0.243 e. The van der Waals surface area contributed by atoms with Crippen LogP contribution in [-0.2, 0) is 4.79 Å². The fraction of sp³-hybridized carbons (Fsp3) is 0. The van der Waals surface area contributed by atoms with Gasteiger partial charge < -0.3 is 0 Å². The van der Waals surface area contributed by atoms with Crippen LogP contribution in [0.1, 0.15) is 0 Å². The summed E-state index contributed by atoms with van der Waals surface area (Å²) in [5.74, 6) is -0.690. The Morgan fingerprint density at radius 3 is 2.20 bits per heavy atom. The fourth-order valence-corrected chi connectivity index (χ4v) is 0. The molecular weight excluding hydrogens is 70.0 g/mol. The predicted octanol–water partition coefficient (Wildman–Crippen LogP) is -0.674. The fourth-order valence-electron chi connectivity index (χ4n) is 0. The summed E-state index contributed by atoms with van der Waals surface area (Å²) in [7, 11) is 0. The van der Waals surface area contributed by atoms with Gasteiger partial charge in [0.2, 0.25) is 5.91 Å². The van der Waals surface area contributed by atoms with E-state index in [2.05, 4.69) is 6.92 Å². The third-order valence-corrected chi connectivity index (χ3v) is 0.125. The van der Waals surface area contributed by atoms with Crippen LogP contribution in [0.15, 0.2) is 0 Å². The number of carbonyl (C=O) groups is 1. The molecule has 0 saturated heterocycles. The summed E-state index contributed by atoms with van der Waals surface area (Å²) in [4.78, 5) is 9.34. The van der Waals surface area contributed by atoms with Crippen LogP contribution in [0.3, 0.4) is 0 Å². The van der Waals surface area contributed by atoms with E-state index in [9.17, 15) is 4.79 Å². The van der Waals surface area contributed by atoms with Gasteiger partial charge in [0.25, 0.3) is 0 Å². The van der Waals surface area contributed by atoms with E-state index in [-0.39, 0.29) is 0 Å². The monoisotopic (exact) mass is 74.0 g/mol. The molecule has 2 N–H and O–H groups in total. The van der Waals surface area contributed by atoms with Gasteiger partial charge in [-0.2, -0.15) is 0 Å². The average Bonchev–Trinajstić information content (AvgIpc) is 1.38. The highest BCUT2D eigenvalue weighted by molar-refractivity contribution is 5.78. The summed E-state index contributed by atoms with van der Waals surface area (Å²) in [5, 5.41) is 7.48. The molecule has 0 spiro atoms. The highest BCUT2D eigenvalue weighted by atomic mass is 16.5. The highest BCUT2D eigenvalue weighted by Crippen LogP contribution is 1.43. The molecule has 0 saturated carbocycles. The summed E-state index contributed by atoms with van der Waals surface area (Å²) in [6.45, 7) is 2.76. The maximum Gasteiger partial charge on any atom is 0.243 e. The lowest BCUT2D eigenvalue weighted by molar-refractivity contribution is -0.124. The molecule has 0 atom stereocenters. The van der Waals surface area contributed by atoms with E-state index in [1.54, 1.807) is 0 Å². The van der Waals surface area contributed by atoms with E-state index < -0.39 is 5.91 Å². The zero-order valence-corrected chi connectivity index (χ0v) is 2.56. The molecule has 0 aliphatic rings. The van der Waals surface area contributed by atoms with Crippen molar-refractivity contribution in [3.05, 3.63) is 6.92 Å². The molecule has 0 aromatic heterocycles. The number of hydroxylamine groups is 1. The summed E-state index contributed by atoms with van der Waals surface area (Å²) < 4.78 is 0. The molecule has 1 radical (unpaired) electrons. The van der Waals surface area contributed by atoms with Gasteiger partial charge in [0.1, 0.15) is 0 Å². The normalized spacial score (nSPS) is 6.80. The standard InChI is InChI=1S/C2H4NO2/c1-2(4)3-5/h5H,1H2,(H,3,4). The van der Waals surface area contributed by atoms with Crippen molar-refractivity contribution in [2.24, 2.45) is 0 Å². The minimum atomic E-state index is -0.690. The molecule has 0 aromatic rings. The Kier molecular flexibility index (Phi) is 1.53. The minimum Gasteiger partial charge on any atom is -0.289 e. The topological polar surface area (TPSA) is 49.3 Å². The van der Waals surface area contributed by atoms with Gasteiger partial charge in [-0.3, -0.25) is 10.0 Å². The molecule has 1 amide bonds. The first-order chi connectivity index (χ1) is 2.27. The van der Waals surface area contributed by atoms with Crippen molar-refractivity contribution in [3.63, 3.8) is 0 Å². The molecule has 29 valence electrons. The SMILES string of the molecule is [CH2]C(=O)NO. The van der Waals surface area contributed by atoms with Crippen molar-refractivity contribution < 1.29 is 10.0 Å². The third-order valence-electron chi connectivity index (χ3n) is 0.125. The number of nitrogens with one attached hydrogen (secondary N) is 1. The van der Waals surface area contributed by atoms with E-state index in [1.165, 1.54) is 5.48 Å². The van der Waals surface area contributed by atoms with Crippen molar-refractivity contribution in [1.82, 2.24) is 5.48 Å². The Morgan fingerprint density at radius 1 is 2.00 bits per heavy atom. The largest absolute Gasteiger partial charge is 0.289 e. The second kappa shape index (κ2) is 1.72. The number of rotatable bonds is 0. The molecule has 0 bridgehead atoms. The Morgan fingerprint density at radius 2 is 2.20 bits per heavy atom. The van der Waals surface area contributed by atoms with Crippen LogP contribution in [0.2, 0.25) is 0 Å². The van der Waals surface area contributed by atoms with E-state index in [4.69, 9.17) is 5.21 Å². The Labute approximate surface area is 29.6 Å². The van der Waals surface area contributed by atoms with Gasteiger partial charge in [-0.1, -0.05) is 0 Å². The maximum absolute atomic E-state index is 9.34. The van der Waals surface area contributed by atoms with Crippen LogP contribution in [0.25, 0.3) is 0 Å². The summed E-state index contributed by atoms with van der Waals surface area (Å²) in [6.07, 6.45) is 0. The number of carbonyl (C=O) groups excluding carboxylic acids is 1. The molecule has 0 aliphatic carbocycles. The van der Waals surface area contributed by atoms with Gasteiger partial charge in [0.15, 0.2) is 0 Å². The van der Waals surface area contributed by atoms with Gasteiger partial charge in [-0.25, -0.2) is 5.48 Å². The van der Waals surface area contributed by atoms with Gasteiger partial charge >= 0.3 is 0 Å². The van der Waals surface area contributed by atoms with Gasteiger partial charge in [-0.05, 0) is 0 Å². The summed E-state index contributed by atoms with van der Waals surface area (Å²) in [5.41, 5.74) is 1.28. The molecule has 0 fully saturated rings. The van der Waals surface area contributed by atoms with Gasteiger partial charge in [0, 0.05) is 6.92 Å². The molecule has 0 unspecified atom stereocenters. The molecule has 0 aromatic carbocycles. The first-order valence-corrected chi connectivity index (χ1v) is 1.03. The van der Waals surface area contributed by atoms with E-state index in [1.807, 2.05) is 0 Å². The highest BCUT2D eigenvalue weighted by Gasteiger charge is 1.75. The lowest BCUT2D eigenvalue weighted by Crippen LogP contribution is -2.13. The van der Waals surface area contributed by atoms with E-state index in [0.717, 1.165) is 0 Å². The molecular formula is C2H4NO2. The Bertz CT molecular complexity index is 42.9. The van der Waals surface area contributed by atoms with Crippen molar-refractivity contribution >= 4 is 5.91 Å². The number of amides is 1. The van der Waals surface area contributed by atoms with Gasteiger partial charge in [-0.15, -0.1) is 0 Å². The zero-order valence-electron chi connectivity index (χ0n) is 2.56. The van der Waals surface area contributed by atoms with Crippen molar-refractivity contribution in [1.29, 1.82) is 0 Å². The van der Waals surface area contributed by atoms with E-state index in [0.29, 0.717) is 0 Å². The molecule has 3 heteroatoms. The first kappa shape index (κ1) is 4.43. The van der Waals surface area contributed by atoms with E-state index >= 15 is 0 Å². The van der Waals surface area contributed by atoms with Crippen LogP contribution in [0.5, 0.6) is 0 Å². The average molecular weight is 74.1 g/mol. The summed E-state index contributed by atoms with van der Waals surface area (Å²) >= 11 is 0. The second-order valence-corrected chi connectivity index (χ2v) is 0.535. The van der Waals surface area contributed by atoms with Crippen molar-refractivity contribution in [2.45, 2.75) is 0 Å². The maximum atomic E-state index is 9.34. The van der Waals surface area contributed by atoms with Crippen LogP contribution in [-0.4, -0.2) is 11.1 Å². The van der Waals surface area contributed by atoms with Crippen LogP contribution < -0.4 is 5.48 Å². The van der Waals surface area contributed by atoms with Crippen LogP contribution >= 0.6 is 0 Å². The first-order valence-electron chi connectivity index (χ1n) is 1.03. The molecule has 5 heavy (non-hydrogen) atoms. The molecule has 3 nitrogen and oxygen atoms in total. The minimum absolute atomic E-state index is 0.690. The van der Waals surface area contributed by atoms with Gasteiger partial charge in [0.05, 0.1) is 0 Å². The molecule has 0 rings (SSSR count). The molecule has 0 aliphatic heterocycles. The summed E-state index contributed by atoms with van der Waals surface area (Å²) in [6, 6.07) is 0. The lowest BCUT2D eigenvalue weighted by atomic mass is 10.8. The second-order valence-electron chi connectivity index (χ2n) is 0.535. The van der Waals surface area contributed by atoms with Crippen LogP contribution in [0.4, 0.5) is 0 Å². The quantitative estimate of drug-likeness (QED) is 0.295. The zero-order chi connectivity index (χ0) is 4.28. The predicted molar refractivity (Wildman–Crippen MR) is 15.3 cm³/mol. The lowest BCUT2D eigenvalue weighted by Gasteiger charge is -1.78. The van der Waals surface area contributed by atoms with Crippen molar-refractivity contribution in [2.75, 3.05) is 0 Å². The number of hydrogen-bond donors (Lipinski definition) is 2. The third kappa shape index (κ3) is 3.43. The number of hydrogen-bond acceptors (Lipinski definition) is 2. The Balaban J connectivity index is 2.85. The molecule has 0 heterocycles. The van der Waals surface area contributed by atoms with Crippen LogP contribution in [0, 0.1) is 6.92 Å². The van der Waals surface area contributed by atoms with Crippen molar-refractivity contribution in [3.8, 4) is 0 Å². The Hall–Kier alpha value is -0.570.